The lowest BCUT2D eigenvalue weighted by Crippen LogP contribution is -2.49. The van der Waals surface area contributed by atoms with Crippen molar-refractivity contribution < 1.29 is 9.59 Å². The molecule has 2 aliphatic heterocycles. The Balaban J connectivity index is 1.47. The number of thiazole rings is 1. The Kier molecular flexibility index (Phi) is 4.01. The molecule has 28 heavy (non-hydrogen) atoms. The van der Waals surface area contributed by atoms with Crippen molar-refractivity contribution in [1.82, 2.24) is 24.3 Å². The van der Waals surface area contributed by atoms with E-state index in [0.29, 0.717) is 31.0 Å². The van der Waals surface area contributed by atoms with Gasteiger partial charge in [0.2, 0.25) is 0 Å². The van der Waals surface area contributed by atoms with Gasteiger partial charge in [0.25, 0.3) is 11.8 Å². The summed E-state index contributed by atoms with van der Waals surface area (Å²) in [5, 5.41) is 2.68. The molecule has 0 unspecified atom stereocenters. The van der Waals surface area contributed by atoms with Crippen molar-refractivity contribution in [2.24, 2.45) is 0 Å². The van der Waals surface area contributed by atoms with Crippen LogP contribution < -0.4 is 0 Å². The Bertz CT molecular complexity index is 1040. The molecule has 3 aromatic heterocycles. The quantitative estimate of drug-likeness (QED) is 0.685. The predicted octanol–water partition coefficient (Wildman–Crippen LogP) is 2.37. The first-order valence-corrected chi connectivity index (χ1v) is 10.1. The third-order valence-electron chi connectivity index (χ3n) is 5.48. The Morgan fingerprint density at radius 2 is 2.11 bits per heavy atom. The molecule has 3 aromatic rings. The number of rotatable bonds is 3. The summed E-state index contributed by atoms with van der Waals surface area (Å²) in [5.74, 6) is -0.0739. The third kappa shape index (κ3) is 2.72. The summed E-state index contributed by atoms with van der Waals surface area (Å²) < 4.78 is 2.02. The third-order valence-corrected chi connectivity index (χ3v) is 6.25. The first kappa shape index (κ1) is 17.1. The molecule has 2 amide bonds. The summed E-state index contributed by atoms with van der Waals surface area (Å²) in [5.41, 5.74) is 2.14. The fraction of sp³-hybridized carbons (Fsp3) is 0.300. The molecule has 5 heterocycles. The van der Waals surface area contributed by atoms with Crippen molar-refractivity contribution in [2.75, 3.05) is 13.1 Å². The summed E-state index contributed by atoms with van der Waals surface area (Å²) in [6.45, 7) is 3.45. The first-order chi connectivity index (χ1) is 13.6. The molecule has 8 heteroatoms. The van der Waals surface area contributed by atoms with E-state index in [1.807, 2.05) is 51.8 Å². The van der Waals surface area contributed by atoms with Crippen LogP contribution in [0.25, 0.3) is 0 Å². The molecule has 5 rings (SSSR count). The van der Waals surface area contributed by atoms with Gasteiger partial charge in [0.05, 0.1) is 17.1 Å². The van der Waals surface area contributed by atoms with Crippen LogP contribution in [0.15, 0.2) is 48.2 Å². The molecule has 0 saturated carbocycles. The van der Waals surface area contributed by atoms with Crippen LogP contribution >= 0.6 is 11.3 Å². The number of hydrogen-bond acceptors (Lipinski definition) is 5. The molecule has 0 bridgehead atoms. The fourth-order valence-corrected chi connectivity index (χ4v) is 4.76. The zero-order chi connectivity index (χ0) is 19.3. The monoisotopic (exact) mass is 393 g/mol. The minimum atomic E-state index is -0.0729. The average Bonchev–Trinajstić information content (AvgIpc) is 3.44. The van der Waals surface area contributed by atoms with E-state index >= 15 is 0 Å². The van der Waals surface area contributed by atoms with E-state index in [1.54, 1.807) is 17.8 Å². The second-order valence-electron chi connectivity index (χ2n) is 7.19. The highest BCUT2D eigenvalue weighted by molar-refractivity contribution is 7.09. The van der Waals surface area contributed by atoms with Crippen LogP contribution in [0, 0.1) is 6.92 Å². The van der Waals surface area contributed by atoms with Gasteiger partial charge in [-0.1, -0.05) is 6.07 Å². The van der Waals surface area contributed by atoms with Crippen LogP contribution in [0.1, 0.15) is 37.6 Å². The Morgan fingerprint density at radius 3 is 2.86 bits per heavy atom. The molecule has 2 aliphatic rings. The number of carbonyl (C=O) groups excluding carboxylic acids is 2. The van der Waals surface area contributed by atoms with Crippen LogP contribution in [0.4, 0.5) is 0 Å². The predicted molar refractivity (Wildman–Crippen MR) is 104 cm³/mol. The molecular weight excluding hydrogens is 374 g/mol. The zero-order valence-corrected chi connectivity index (χ0v) is 16.2. The minimum absolute atomic E-state index is 0.00564. The largest absolute Gasteiger partial charge is 0.337 e. The van der Waals surface area contributed by atoms with Crippen molar-refractivity contribution in [3.63, 3.8) is 0 Å². The maximum atomic E-state index is 13.1. The van der Waals surface area contributed by atoms with Gasteiger partial charge in [0, 0.05) is 43.6 Å². The van der Waals surface area contributed by atoms with Crippen LogP contribution in [0.2, 0.25) is 0 Å². The minimum Gasteiger partial charge on any atom is -0.337 e. The number of aromatic nitrogens is 3. The lowest BCUT2D eigenvalue weighted by molar-refractivity contribution is 0.0550. The molecule has 7 nitrogen and oxygen atoms in total. The van der Waals surface area contributed by atoms with Crippen molar-refractivity contribution >= 4 is 23.2 Å². The van der Waals surface area contributed by atoms with Crippen molar-refractivity contribution in [2.45, 2.75) is 25.6 Å². The Labute approximate surface area is 166 Å². The number of nitrogens with zero attached hydrogens (tertiary/aromatic N) is 5. The lowest BCUT2D eigenvalue weighted by atomic mass is 10.0. The van der Waals surface area contributed by atoms with E-state index in [2.05, 4.69) is 9.97 Å². The Morgan fingerprint density at radius 1 is 1.25 bits per heavy atom. The van der Waals surface area contributed by atoms with Gasteiger partial charge in [-0.05, 0) is 30.7 Å². The summed E-state index contributed by atoms with van der Waals surface area (Å²) >= 11 is 1.47. The summed E-state index contributed by atoms with van der Waals surface area (Å²) in [6, 6.07) is 7.56. The van der Waals surface area contributed by atoms with Gasteiger partial charge in [0.1, 0.15) is 11.4 Å². The lowest BCUT2D eigenvalue weighted by Gasteiger charge is -2.38. The molecule has 0 aliphatic carbocycles. The van der Waals surface area contributed by atoms with Crippen LogP contribution in [-0.4, -0.2) is 55.3 Å². The van der Waals surface area contributed by atoms with Gasteiger partial charge < -0.3 is 14.4 Å². The molecule has 0 aromatic carbocycles. The number of carbonyl (C=O) groups is 2. The maximum absolute atomic E-state index is 13.1. The molecular formula is C20H19N5O2S. The number of aryl methyl sites for hydroxylation is 1. The topological polar surface area (TPSA) is 71.3 Å². The van der Waals surface area contributed by atoms with Crippen LogP contribution in [-0.2, 0) is 6.54 Å². The number of fused-ring (bicyclic) bond motifs is 3. The standard InChI is InChI=1S/C20H19N5O2S/c1-13-22-15(12-28-13)19(26)23-10-17-18(11-23)25(9-14-4-2-6-21-8-14)20(27)16-5-3-7-24(16)17/h2-8,12,17-18H,9-11H2,1H3/t17-,18+/m0/s1. The molecule has 1 fully saturated rings. The zero-order valence-electron chi connectivity index (χ0n) is 15.4. The number of amides is 2. The normalized spacial score (nSPS) is 21.0. The van der Waals surface area contributed by atoms with Crippen molar-refractivity contribution in [3.8, 4) is 0 Å². The molecule has 2 atom stereocenters. The van der Waals surface area contributed by atoms with Crippen LogP contribution in [0.5, 0.6) is 0 Å². The van der Waals surface area contributed by atoms with Crippen LogP contribution in [0.3, 0.4) is 0 Å². The number of pyridine rings is 1. The highest BCUT2D eigenvalue weighted by atomic mass is 32.1. The smallest absolute Gasteiger partial charge is 0.273 e. The van der Waals surface area contributed by atoms with E-state index in [4.69, 9.17) is 0 Å². The molecule has 0 N–H and O–H groups in total. The second kappa shape index (κ2) is 6.56. The Hall–Kier alpha value is -3.00. The van der Waals surface area contributed by atoms with Gasteiger partial charge in [-0.2, -0.15) is 0 Å². The SMILES string of the molecule is Cc1nc(C(=O)N2C[C@@H]3[C@H](C2)n2cccc2C(=O)N3Cc2cccnc2)cs1. The molecule has 142 valence electrons. The van der Waals surface area contributed by atoms with Gasteiger partial charge in [-0.25, -0.2) is 4.98 Å². The van der Waals surface area contributed by atoms with Gasteiger partial charge in [-0.15, -0.1) is 11.3 Å². The van der Waals surface area contributed by atoms with Gasteiger partial charge in [0.15, 0.2) is 0 Å². The highest BCUT2D eigenvalue weighted by Crippen LogP contribution is 2.35. The maximum Gasteiger partial charge on any atom is 0.273 e. The van der Waals surface area contributed by atoms with E-state index in [0.717, 1.165) is 10.6 Å². The second-order valence-corrected chi connectivity index (χ2v) is 8.25. The number of likely N-dealkylation sites (tertiary alicyclic amines) is 1. The van der Waals surface area contributed by atoms with E-state index < -0.39 is 0 Å². The first-order valence-electron chi connectivity index (χ1n) is 9.20. The fourth-order valence-electron chi connectivity index (χ4n) is 4.18. The number of hydrogen-bond donors (Lipinski definition) is 0. The average molecular weight is 393 g/mol. The highest BCUT2D eigenvalue weighted by Gasteiger charge is 2.46. The van der Waals surface area contributed by atoms with E-state index in [-0.39, 0.29) is 23.9 Å². The van der Waals surface area contributed by atoms with E-state index in [9.17, 15) is 9.59 Å². The van der Waals surface area contributed by atoms with Gasteiger partial charge >= 0.3 is 0 Å². The summed E-state index contributed by atoms with van der Waals surface area (Å²) in [4.78, 5) is 38.3. The molecule has 0 spiro atoms. The van der Waals surface area contributed by atoms with Gasteiger partial charge in [-0.3, -0.25) is 14.6 Å². The van der Waals surface area contributed by atoms with Crippen molar-refractivity contribution in [3.05, 3.63) is 70.2 Å². The molecule has 1 saturated heterocycles. The summed E-state index contributed by atoms with van der Waals surface area (Å²) in [6.07, 6.45) is 5.44. The van der Waals surface area contributed by atoms with Crippen molar-refractivity contribution in [1.29, 1.82) is 0 Å². The summed E-state index contributed by atoms with van der Waals surface area (Å²) in [7, 11) is 0. The molecule has 0 radical (unpaired) electrons. The van der Waals surface area contributed by atoms with E-state index in [1.165, 1.54) is 11.3 Å².